The fourth-order valence-corrected chi connectivity index (χ4v) is 1.96. The Morgan fingerprint density at radius 1 is 1.24 bits per heavy atom. The number of methoxy groups -OCH3 is 1. The molecule has 2 aromatic rings. The van der Waals surface area contributed by atoms with Crippen LogP contribution in [0.25, 0.3) is 0 Å². The molecule has 0 spiro atoms. The van der Waals surface area contributed by atoms with Crippen molar-refractivity contribution >= 4 is 11.5 Å². The fraction of sp³-hybridized carbons (Fsp3) is 0.188. The van der Waals surface area contributed by atoms with Crippen LogP contribution in [-0.4, -0.2) is 24.5 Å². The van der Waals surface area contributed by atoms with Crippen molar-refractivity contribution in [3.63, 3.8) is 0 Å². The van der Waals surface area contributed by atoms with Gasteiger partial charge in [0.05, 0.1) is 13.7 Å². The first-order valence-corrected chi connectivity index (χ1v) is 6.57. The summed E-state index contributed by atoms with van der Waals surface area (Å²) in [4.78, 5) is 11.4. The van der Waals surface area contributed by atoms with Crippen LogP contribution in [0.4, 0.5) is 5.69 Å². The number of nitrogens with one attached hydrogen (secondary N) is 1. The number of benzene rings is 2. The first-order chi connectivity index (χ1) is 10.2. The highest BCUT2D eigenvalue weighted by Gasteiger charge is 2.07. The second-order valence-corrected chi connectivity index (χ2v) is 4.53. The molecule has 0 aromatic heterocycles. The lowest BCUT2D eigenvalue weighted by molar-refractivity contribution is 0.100. The lowest BCUT2D eigenvalue weighted by atomic mass is 10.1. The molecule has 2 aromatic carbocycles. The minimum atomic E-state index is -0.0907. The van der Waals surface area contributed by atoms with Crippen LogP contribution < -0.4 is 15.8 Å². The van der Waals surface area contributed by atoms with Crippen molar-refractivity contribution in [3.05, 3.63) is 53.6 Å². The summed E-state index contributed by atoms with van der Waals surface area (Å²) in [5.41, 5.74) is 7.49. The third-order valence-corrected chi connectivity index (χ3v) is 3.18. The van der Waals surface area contributed by atoms with Crippen LogP contribution in [0.15, 0.2) is 42.5 Å². The molecule has 5 nitrogen and oxygen atoms in total. The SMILES string of the molecule is COc1cccc(CNc2ccc(C(=O)CN)cc2)c1O. The van der Waals surface area contributed by atoms with Gasteiger partial charge in [-0.3, -0.25) is 4.79 Å². The summed E-state index contributed by atoms with van der Waals surface area (Å²) < 4.78 is 5.07. The number of phenolic OH excluding ortho intramolecular Hbond substituents is 1. The van der Waals surface area contributed by atoms with Gasteiger partial charge in [0.2, 0.25) is 0 Å². The summed E-state index contributed by atoms with van der Waals surface area (Å²) >= 11 is 0. The molecule has 0 amide bonds. The maximum atomic E-state index is 11.4. The molecule has 4 N–H and O–H groups in total. The van der Waals surface area contributed by atoms with Crippen LogP contribution in [0.3, 0.4) is 0 Å². The van der Waals surface area contributed by atoms with Gasteiger partial charge in [-0.15, -0.1) is 0 Å². The van der Waals surface area contributed by atoms with Crippen LogP contribution in [0.5, 0.6) is 11.5 Å². The fourth-order valence-electron chi connectivity index (χ4n) is 1.96. The van der Waals surface area contributed by atoms with Gasteiger partial charge in [0, 0.05) is 23.4 Å². The Hall–Kier alpha value is -2.53. The number of nitrogens with two attached hydrogens (primary N) is 1. The van der Waals surface area contributed by atoms with Gasteiger partial charge in [-0.25, -0.2) is 0 Å². The summed E-state index contributed by atoms with van der Waals surface area (Å²) in [6.45, 7) is 0.456. The molecular weight excluding hydrogens is 268 g/mol. The molecular formula is C16H18N2O3. The zero-order valence-electron chi connectivity index (χ0n) is 11.8. The molecule has 0 unspecified atom stereocenters. The number of ketones is 1. The molecule has 0 radical (unpaired) electrons. The third kappa shape index (κ3) is 3.52. The van der Waals surface area contributed by atoms with Crippen molar-refractivity contribution in [1.82, 2.24) is 0 Å². The minimum absolute atomic E-state index is 0.00442. The van der Waals surface area contributed by atoms with Crippen LogP contribution in [-0.2, 0) is 6.54 Å². The topological polar surface area (TPSA) is 84.6 Å². The first kappa shape index (κ1) is 14.9. The number of carbonyl (C=O) groups excluding carboxylic acids is 1. The Labute approximate surface area is 123 Å². The Morgan fingerprint density at radius 2 is 1.95 bits per heavy atom. The molecule has 2 rings (SSSR count). The Balaban J connectivity index is 2.05. The van der Waals surface area contributed by atoms with E-state index in [-0.39, 0.29) is 18.1 Å². The Morgan fingerprint density at radius 3 is 2.57 bits per heavy atom. The number of para-hydroxylation sites is 1. The van der Waals surface area contributed by atoms with Crippen LogP contribution in [0.1, 0.15) is 15.9 Å². The molecule has 0 saturated heterocycles. The van der Waals surface area contributed by atoms with E-state index < -0.39 is 0 Å². The molecule has 0 bridgehead atoms. The standard InChI is InChI=1S/C16H18N2O3/c1-21-15-4-2-3-12(16(15)20)10-18-13-7-5-11(6-8-13)14(19)9-17/h2-8,18,20H,9-10,17H2,1H3. The molecule has 110 valence electrons. The predicted octanol–water partition coefficient (Wildman–Crippen LogP) is 2.15. The summed E-state index contributed by atoms with van der Waals surface area (Å²) in [5, 5.41) is 13.2. The van der Waals surface area contributed by atoms with Crippen molar-refractivity contribution in [3.8, 4) is 11.5 Å². The van der Waals surface area contributed by atoms with Crippen molar-refractivity contribution in [1.29, 1.82) is 0 Å². The highest BCUT2D eigenvalue weighted by atomic mass is 16.5. The molecule has 0 atom stereocenters. The number of carbonyl (C=O) groups is 1. The van der Waals surface area contributed by atoms with Gasteiger partial charge >= 0.3 is 0 Å². The average molecular weight is 286 g/mol. The van der Waals surface area contributed by atoms with E-state index in [0.717, 1.165) is 11.3 Å². The van der Waals surface area contributed by atoms with Gasteiger partial charge in [-0.1, -0.05) is 12.1 Å². The number of anilines is 1. The predicted molar refractivity (Wildman–Crippen MR) is 81.8 cm³/mol. The van der Waals surface area contributed by atoms with Crippen LogP contribution in [0, 0.1) is 0 Å². The quantitative estimate of drug-likeness (QED) is 0.709. The number of hydrogen-bond donors (Lipinski definition) is 3. The van der Waals surface area contributed by atoms with E-state index in [9.17, 15) is 9.90 Å². The third-order valence-electron chi connectivity index (χ3n) is 3.18. The smallest absolute Gasteiger partial charge is 0.176 e. The van der Waals surface area contributed by atoms with E-state index in [0.29, 0.717) is 17.9 Å². The maximum absolute atomic E-state index is 11.4. The van der Waals surface area contributed by atoms with Crippen molar-refractivity contribution in [2.45, 2.75) is 6.54 Å². The van der Waals surface area contributed by atoms with Gasteiger partial charge in [-0.2, -0.15) is 0 Å². The highest BCUT2D eigenvalue weighted by molar-refractivity contribution is 5.97. The largest absolute Gasteiger partial charge is 0.504 e. The Kier molecular flexibility index (Phi) is 4.79. The van der Waals surface area contributed by atoms with E-state index in [1.54, 1.807) is 30.3 Å². The van der Waals surface area contributed by atoms with Crippen LogP contribution >= 0.6 is 0 Å². The van der Waals surface area contributed by atoms with Gasteiger partial charge in [0.1, 0.15) is 0 Å². The second-order valence-electron chi connectivity index (χ2n) is 4.53. The highest BCUT2D eigenvalue weighted by Crippen LogP contribution is 2.29. The molecule has 0 fully saturated rings. The van der Waals surface area contributed by atoms with E-state index in [4.69, 9.17) is 10.5 Å². The summed E-state index contributed by atoms with van der Waals surface area (Å²) in [6, 6.07) is 12.4. The van der Waals surface area contributed by atoms with Crippen molar-refractivity contribution in [2.24, 2.45) is 5.73 Å². The zero-order valence-corrected chi connectivity index (χ0v) is 11.8. The molecule has 0 heterocycles. The molecule has 0 aliphatic rings. The molecule has 21 heavy (non-hydrogen) atoms. The van der Waals surface area contributed by atoms with Crippen molar-refractivity contribution in [2.75, 3.05) is 19.0 Å². The van der Waals surface area contributed by atoms with E-state index >= 15 is 0 Å². The van der Waals surface area contributed by atoms with E-state index in [1.807, 2.05) is 12.1 Å². The number of aromatic hydroxyl groups is 1. The van der Waals surface area contributed by atoms with Gasteiger partial charge in [0.25, 0.3) is 0 Å². The maximum Gasteiger partial charge on any atom is 0.176 e. The van der Waals surface area contributed by atoms with Gasteiger partial charge < -0.3 is 20.9 Å². The van der Waals surface area contributed by atoms with Crippen molar-refractivity contribution < 1.29 is 14.6 Å². The normalized spacial score (nSPS) is 10.2. The summed E-state index contributed by atoms with van der Waals surface area (Å²) in [5.74, 6) is 0.479. The first-order valence-electron chi connectivity index (χ1n) is 6.57. The monoisotopic (exact) mass is 286 g/mol. The van der Waals surface area contributed by atoms with Gasteiger partial charge in [-0.05, 0) is 30.3 Å². The number of phenols is 1. The molecule has 0 aliphatic carbocycles. The average Bonchev–Trinajstić information content (AvgIpc) is 2.53. The van der Waals surface area contributed by atoms with Crippen LogP contribution in [0.2, 0.25) is 0 Å². The number of ether oxygens (including phenoxy) is 1. The molecule has 5 heteroatoms. The summed E-state index contributed by atoms with van der Waals surface area (Å²) in [6.07, 6.45) is 0. The lowest BCUT2D eigenvalue weighted by Gasteiger charge is -2.11. The lowest BCUT2D eigenvalue weighted by Crippen LogP contribution is -2.13. The number of rotatable bonds is 6. The summed E-state index contributed by atoms with van der Waals surface area (Å²) in [7, 11) is 1.51. The number of Topliss-reactive ketones (excluding diaryl/α,β-unsaturated/α-hetero) is 1. The van der Waals surface area contributed by atoms with E-state index in [2.05, 4.69) is 5.32 Å². The van der Waals surface area contributed by atoms with E-state index in [1.165, 1.54) is 7.11 Å². The van der Waals surface area contributed by atoms with Gasteiger partial charge in [0.15, 0.2) is 17.3 Å². The second kappa shape index (κ2) is 6.76. The number of hydrogen-bond acceptors (Lipinski definition) is 5. The Bertz CT molecular complexity index is 624. The zero-order chi connectivity index (χ0) is 15.2. The minimum Gasteiger partial charge on any atom is -0.504 e. The molecule has 0 aliphatic heterocycles. The molecule has 0 saturated carbocycles.